The second-order valence-corrected chi connectivity index (χ2v) is 11.5. The van der Waals surface area contributed by atoms with E-state index < -0.39 is 0 Å². The number of benzene rings is 4. The molecule has 6 rings (SSSR count). The Labute approximate surface area is 244 Å². The minimum atomic E-state index is -0.346. The van der Waals surface area contributed by atoms with Gasteiger partial charge in [-0.3, -0.25) is 19.1 Å². The van der Waals surface area contributed by atoms with E-state index in [1.54, 1.807) is 9.47 Å². The molecule has 1 aromatic heterocycles. The zero-order valence-electron chi connectivity index (χ0n) is 23.2. The van der Waals surface area contributed by atoms with Crippen LogP contribution < -0.4 is 10.5 Å². The van der Waals surface area contributed by atoms with Gasteiger partial charge in [0.25, 0.3) is 5.56 Å². The Morgan fingerprint density at radius 1 is 0.854 bits per heavy atom. The van der Waals surface area contributed by atoms with Crippen LogP contribution in [0.2, 0.25) is 0 Å². The lowest BCUT2D eigenvalue weighted by atomic mass is 9.69. The third-order valence-corrected chi connectivity index (χ3v) is 8.83. The molecule has 5 nitrogen and oxygen atoms in total. The highest BCUT2D eigenvalue weighted by Gasteiger charge is 2.38. The highest BCUT2D eigenvalue weighted by molar-refractivity contribution is 7.99. The maximum absolute atomic E-state index is 14.5. The molecule has 0 radical (unpaired) electrons. The first kappa shape index (κ1) is 26.8. The molecule has 1 atom stereocenters. The summed E-state index contributed by atoms with van der Waals surface area (Å²) in [5.41, 5.74) is 5.56. The van der Waals surface area contributed by atoms with Crippen LogP contribution in [-0.2, 0) is 16.6 Å². The van der Waals surface area contributed by atoms with Crippen molar-refractivity contribution >= 4 is 29.0 Å². The van der Waals surface area contributed by atoms with E-state index in [2.05, 4.69) is 26.0 Å². The van der Waals surface area contributed by atoms with Gasteiger partial charge in [0.2, 0.25) is 5.91 Å². The highest BCUT2D eigenvalue weighted by atomic mass is 32.2. The largest absolute Gasteiger partial charge is 0.280 e. The van der Waals surface area contributed by atoms with Gasteiger partial charge in [-0.05, 0) is 54.8 Å². The molecular formula is C35H31N3O2S. The highest BCUT2D eigenvalue weighted by Crippen LogP contribution is 2.43. The van der Waals surface area contributed by atoms with Crippen molar-refractivity contribution in [1.29, 1.82) is 0 Å². The molecule has 6 heteroatoms. The van der Waals surface area contributed by atoms with E-state index in [1.807, 2.05) is 103 Å². The van der Waals surface area contributed by atoms with Crippen LogP contribution in [0.4, 0.5) is 11.4 Å². The van der Waals surface area contributed by atoms with Crippen molar-refractivity contribution in [1.82, 2.24) is 9.55 Å². The van der Waals surface area contributed by atoms with Crippen LogP contribution in [0.15, 0.2) is 125 Å². The third kappa shape index (κ3) is 5.00. The van der Waals surface area contributed by atoms with Gasteiger partial charge in [-0.1, -0.05) is 104 Å². The Kier molecular flexibility index (Phi) is 7.33. The van der Waals surface area contributed by atoms with Crippen molar-refractivity contribution in [2.24, 2.45) is 0 Å². The Morgan fingerprint density at radius 2 is 1.41 bits per heavy atom. The molecule has 4 aromatic carbocycles. The number of amides is 1. The average molecular weight is 558 g/mol. The number of hydrogen-bond donors (Lipinski definition) is 0. The van der Waals surface area contributed by atoms with E-state index in [0.717, 1.165) is 46.7 Å². The summed E-state index contributed by atoms with van der Waals surface area (Å²) in [6.07, 6.45) is 1.60. The molecule has 0 fully saturated rings. The van der Waals surface area contributed by atoms with Crippen molar-refractivity contribution in [3.63, 3.8) is 0 Å². The predicted octanol–water partition coefficient (Wildman–Crippen LogP) is 7.58. The molecular weight excluding hydrogens is 526 g/mol. The second-order valence-electron chi connectivity index (χ2n) is 10.5. The molecule has 1 heterocycles. The van der Waals surface area contributed by atoms with Crippen LogP contribution in [0.5, 0.6) is 0 Å². The standard InChI is InChI=1S/C35H31N3O2S/c1-3-35(2)23-25-15-13-14-22-29(25)32-31(35)33(40)38(28-20-11-6-12-21-28)34(36-32)41-24-30(39)37(26-16-7-4-8-17-26)27-18-9-5-10-19-27/h4-22H,3,23-24H2,1-2H3. The van der Waals surface area contributed by atoms with E-state index in [-0.39, 0.29) is 22.6 Å². The van der Waals surface area contributed by atoms with Crippen molar-refractivity contribution < 1.29 is 4.79 Å². The summed E-state index contributed by atoms with van der Waals surface area (Å²) in [4.78, 5) is 35.2. The summed E-state index contributed by atoms with van der Waals surface area (Å²) in [7, 11) is 0. The fourth-order valence-electron chi connectivity index (χ4n) is 5.64. The Hall–Kier alpha value is -4.42. The summed E-state index contributed by atoms with van der Waals surface area (Å²) in [6, 6.07) is 37.1. The lowest BCUT2D eigenvalue weighted by Crippen LogP contribution is -2.39. The Bertz CT molecular complexity index is 1710. The monoisotopic (exact) mass is 557 g/mol. The molecule has 0 spiro atoms. The average Bonchev–Trinajstić information content (AvgIpc) is 3.01. The molecule has 0 saturated carbocycles. The van der Waals surface area contributed by atoms with Crippen molar-refractivity contribution in [3.05, 3.63) is 137 Å². The second kappa shape index (κ2) is 11.2. The number of fused-ring (bicyclic) bond motifs is 3. The Morgan fingerprint density at radius 3 is 2.02 bits per heavy atom. The van der Waals surface area contributed by atoms with Crippen LogP contribution in [0, 0.1) is 0 Å². The number of para-hydroxylation sites is 3. The van der Waals surface area contributed by atoms with Gasteiger partial charge in [0, 0.05) is 22.4 Å². The van der Waals surface area contributed by atoms with Crippen molar-refractivity contribution in [3.8, 4) is 16.9 Å². The minimum absolute atomic E-state index is 0.0713. The van der Waals surface area contributed by atoms with E-state index in [0.29, 0.717) is 5.16 Å². The van der Waals surface area contributed by atoms with Gasteiger partial charge in [-0.15, -0.1) is 0 Å². The van der Waals surface area contributed by atoms with Crippen LogP contribution in [0.25, 0.3) is 16.9 Å². The lowest BCUT2D eigenvalue weighted by molar-refractivity contribution is -0.115. The number of carbonyl (C=O) groups excluding carboxylic acids is 1. The van der Waals surface area contributed by atoms with E-state index in [4.69, 9.17) is 4.98 Å². The first-order chi connectivity index (χ1) is 20.0. The molecule has 0 aliphatic heterocycles. The normalized spacial score (nSPS) is 15.6. The van der Waals surface area contributed by atoms with Gasteiger partial charge in [-0.2, -0.15) is 0 Å². The summed E-state index contributed by atoms with van der Waals surface area (Å²) < 4.78 is 1.69. The number of aromatic nitrogens is 2. The first-order valence-corrected chi connectivity index (χ1v) is 14.9. The molecule has 0 N–H and O–H groups in total. The quantitative estimate of drug-likeness (QED) is 0.153. The van der Waals surface area contributed by atoms with Crippen molar-refractivity contribution in [2.75, 3.05) is 10.7 Å². The van der Waals surface area contributed by atoms with Crippen LogP contribution in [0.1, 0.15) is 31.4 Å². The molecule has 204 valence electrons. The number of carbonyl (C=O) groups is 1. The van der Waals surface area contributed by atoms with Gasteiger partial charge in [0.05, 0.1) is 22.7 Å². The number of thioether (sulfide) groups is 1. The summed E-state index contributed by atoms with van der Waals surface area (Å²) in [5.74, 6) is 0.00642. The molecule has 0 bridgehead atoms. The first-order valence-electron chi connectivity index (χ1n) is 13.9. The predicted molar refractivity (Wildman–Crippen MR) is 167 cm³/mol. The summed E-state index contributed by atoms with van der Waals surface area (Å²) >= 11 is 1.30. The van der Waals surface area contributed by atoms with Crippen LogP contribution >= 0.6 is 11.8 Å². The molecule has 1 unspecified atom stereocenters. The zero-order valence-corrected chi connectivity index (χ0v) is 24.0. The number of anilines is 2. The SMILES string of the molecule is CCC1(C)Cc2ccccc2-c2nc(SCC(=O)N(c3ccccc3)c3ccccc3)n(-c3ccccc3)c(=O)c21. The number of nitrogens with zero attached hydrogens (tertiary/aromatic N) is 3. The number of hydrogen-bond acceptors (Lipinski definition) is 4. The van der Waals surface area contributed by atoms with E-state index >= 15 is 0 Å². The molecule has 1 aliphatic rings. The van der Waals surface area contributed by atoms with Gasteiger partial charge in [0.15, 0.2) is 5.16 Å². The molecule has 0 saturated heterocycles. The topological polar surface area (TPSA) is 55.2 Å². The fourth-order valence-corrected chi connectivity index (χ4v) is 6.49. The Balaban J connectivity index is 1.47. The fraction of sp³-hybridized carbons (Fsp3) is 0.171. The van der Waals surface area contributed by atoms with Gasteiger partial charge < -0.3 is 0 Å². The van der Waals surface area contributed by atoms with E-state index in [1.165, 1.54) is 17.3 Å². The van der Waals surface area contributed by atoms with E-state index in [9.17, 15) is 9.59 Å². The molecule has 1 aliphatic carbocycles. The maximum atomic E-state index is 14.5. The summed E-state index contributed by atoms with van der Waals surface area (Å²) in [5, 5.41) is 0.504. The molecule has 1 amide bonds. The van der Waals surface area contributed by atoms with Gasteiger partial charge >= 0.3 is 0 Å². The van der Waals surface area contributed by atoms with Gasteiger partial charge in [0.1, 0.15) is 0 Å². The third-order valence-electron chi connectivity index (χ3n) is 7.91. The van der Waals surface area contributed by atoms with Crippen LogP contribution in [0.3, 0.4) is 0 Å². The van der Waals surface area contributed by atoms with Crippen molar-refractivity contribution in [2.45, 2.75) is 37.3 Å². The zero-order chi connectivity index (χ0) is 28.4. The minimum Gasteiger partial charge on any atom is -0.280 e. The maximum Gasteiger partial charge on any atom is 0.263 e. The molecule has 5 aromatic rings. The summed E-state index contributed by atoms with van der Waals surface area (Å²) in [6.45, 7) is 4.29. The van der Waals surface area contributed by atoms with Crippen LogP contribution in [-0.4, -0.2) is 21.2 Å². The smallest absolute Gasteiger partial charge is 0.263 e. The van der Waals surface area contributed by atoms with Gasteiger partial charge in [-0.25, -0.2) is 4.98 Å². The molecule has 41 heavy (non-hydrogen) atoms. The number of rotatable bonds is 7. The lowest BCUT2D eigenvalue weighted by Gasteiger charge is -2.36.